The standard InChI is InChI=1S/C19H31BN2O2S/c1-13-15(12-22-9-7-21-8-10-22)11-16(25)14(2)17(13)20-23-18(3,4)19(5,6)24-20/h11,21,25H,7-10,12H2,1-6H3. The molecular formula is C19H31BN2O2S. The molecular weight excluding hydrogens is 331 g/mol. The number of thiol groups is 1. The number of hydrogen-bond acceptors (Lipinski definition) is 5. The zero-order valence-electron chi connectivity index (χ0n) is 16.4. The van der Waals surface area contributed by atoms with Gasteiger partial charge in [-0.1, -0.05) is 0 Å². The van der Waals surface area contributed by atoms with E-state index in [2.05, 4.69) is 57.8 Å². The zero-order valence-corrected chi connectivity index (χ0v) is 17.3. The minimum atomic E-state index is -0.334. The number of nitrogens with zero attached hydrogens (tertiary/aromatic N) is 1. The molecule has 1 aromatic rings. The highest BCUT2D eigenvalue weighted by atomic mass is 32.1. The van der Waals surface area contributed by atoms with Gasteiger partial charge in [0.05, 0.1) is 11.2 Å². The molecule has 0 aromatic heterocycles. The van der Waals surface area contributed by atoms with Crippen LogP contribution in [0.1, 0.15) is 44.4 Å². The van der Waals surface area contributed by atoms with E-state index in [-0.39, 0.29) is 18.3 Å². The Morgan fingerprint density at radius 3 is 2.20 bits per heavy atom. The summed E-state index contributed by atoms with van der Waals surface area (Å²) in [5.41, 5.74) is 4.23. The summed E-state index contributed by atoms with van der Waals surface area (Å²) in [6.45, 7) is 17.9. The van der Waals surface area contributed by atoms with Crippen molar-refractivity contribution in [1.29, 1.82) is 0 Å². The van der Waals surface area contributed by atoms with Crippen molar-refractivity contribution < 1.29 is 9.31 Å². The first kappa shape index (κ1) is 19.2. The Labute approximate surface area is 158 Å². The lowest BCUT2D eigenvalue weighted by Crippen LogP contribution is -2.44. The summed E-state index contributed by atoms with van der Waals surface area (Å²) >= 11 is 4.74. The molecule has 1 N–H and O–H groups in total. The maximum atomic E-state index is 6.33. The molecule has 0 atom stereocenters. The topological polar surface area (TPSA) is 33.7 Å². The molecule has 0 spiro atoms. The van der Waals surface area contributed by atoms with Crippen LogP contribution in [0, 0.1) is 13.8 Å². The first-order chi connectivity index (χ1) is 11.6. The Hall–Kier alpha value is -0.525. The van der Waals surface area contributed by atoms with Gasteiger partial charge in [0.25, 0.3) is 0 Å². The number of benzene rings is 1. The molecule has 2 saturated heterocycles. The highest BCUT2D eigenvalue weighted by Gasteiger charge is 2.52. The Balaban J connectivity index is 1.94. The second kappa shape index (κ2) is 6.89. The normalized spacial score (nSPS) is 23.2. The van der Waals surface area contributed by atoms with Crippen molar-refractivity contribution in [3.63, 3.8) is 0 Å². The van der Waals surface area contributed by atoms with Crippen LogP contribution in [0.5, 0.6) is 0 Å². The van der Waals surface area contributed by atoms with Gasteiger partial charge in [0.2, 0.25) is 0 Å². The van der Waals surface area contributed by atoms with E-state index in [1.54, 1.807) is 0 Å². The van der Waals surface area contributed by atoms with Crippen molar-refractivity contribution in [2.75, 3.05) is 26.2 Å². The molecule has 25 heavy (non-hydrogen) atoms. The molecule has 2 aliphatic heterocycles. The van der Waals surface area contributed by atoms with E-state index in [4.69, 9.17) is 21.9 Å². The van der Waals surface area contributed by atoms with Crippen LogP contribution >= 0.6 is 12.6 Å². The lowest BCUT2D eigenvalue weighted by Gasteiger charge is -2.32. The van der Waals surface area contributed by atoms with Crippen molar-refractivity contribution in [3.05, 3.63) is 22.8 Å². The van der Waals surface area contributed by atoms with Crippen molar-refractivity contribution in [1.82, 2.24) is 10.2 Å². The molecule has 0 bridgehead atoms. The highest BCUT2D eigenvalue weighted by molar-refractivity contribution is 7.80. The van der Waals surface area contributed by atoms with Gasteiger partial charge in [-0.3, -0.25) is 4.90 Å². The van der Waals surface area contributed by atoms with Crippen LogP contribution in [-0.4, -0.2) is 49.4 Å². The fourth-order valence-electron chi connectivity index (χ4n) is 3.56. The molecule has 1 aromatic carbocycles. The van der Waals surface area contributed by atoms with Crippen LogP contribution in [0.25, 0.3) is 0 Å². The van der Waals surface area contributed by atoms with E-state index in [1.165, 1.54) is 11.1 Å². The van der Waals surface area contributed by atoms with E-state index < -0.39 is 0 Å². The molecule has 0 unspecified atom stereocenters. The van der Waals surface area contributed by atoms with Gasteiger partial charge in [-0.2, -0.15) is 0 Å². The molecule has 2 heterocycles. The maximum absolute atomic E-state index is 6.33. The number of rotatable bonds is 3. The molecule has 6 heteroatoms. The average Bonchev–Trinajstić information content (AvgIpc) is 2.74. The van der Waals surface area contributed by atoms with Gasteiger partial charge in [-0.15, -0.1) is 12.6 Å². The molecule has 138 valence electrons. The Bertz CT molecular complexity index is 641. The number of piperazine rings is 1. The van der Waals surface area contributed by atoms with Gasteiger partial charge in [0, 0.05) is 37.6 Å². The van der Waals surface area contributed by atoms with Crippen LogP contribution in [0.4, 0.5) is 0 Å². The molecule has 0 amide bonds. The van der Waals surface area contributed by atoms with Gasteiger partial charge in [-0.25, -0.2) is 0 Å². The fraction of sp³-hybridized carbons (Fsp3) is 0.684. The van der Waals surface area contributed by atoms with Gasteiger partial charge in [0.15, 0.2) is 0 Å². The number of nitrogens with one attached hydrogen (secondary N) is 1. The predicted octanol–water partition coefficient (Wildman–Crippen LogP) is 2.30. The molecule has 2 aliphatic rings. The van der Waals surface area contributed by atoms with Gasteiger partial charge in [-0.05, 0) is 69.8 Å². The van der Waals surface area contributed by atoms with Crippen LogP contribution in [0.3, 0.4) is 0 Å². The summed E-state index contributed by atoms with van der Waals surface area (Å²) in [7, 11) is -0.334. The van der Waals surface area contributed by atoms with Gasteiger partial charge < -0.3 is 14.6 Å². The third-order valence-corrected chi connectivity index (χ3v) is 6.54. The molecule has 2 fully saturated rings. The van der Waals surface area contributed by atoms with E-state index in [0.717, 1.165) is 48.6 Å². The molecule has 0 saturated carbocycles. The summed E-state index contributed by atoms with van der Waals surface area (Å²) in [4.78, 5) is 3.51. The summed E-state index contributed by atoms with van der Waals surface area (Å²) in [5.74, 6) is 0. The minimum Gasteiger partial charge on any atom is -0.399 e. The van der Waals surface area contributed by atoms with Crippen molar-refractivity contribution >= 4 is 25.2 Å². The quantitative estimate of drug-likeness (QED) is 0.639. The first-order valence-corrected chi connectivity index (χ1v) is 9.68. The summed E-state index contributed by atoms with van der Waals surface area (Å²) in [5, 5.41) is 3.41. The van der Waals surface area contributed by atoms with Gasteiger partial charge >= 0.3 is 7.12 Å². The van der Waals surface area contributed by atoms with Crippen molar-refractivity contribution in [2.24, 2.45) is 0 Å². The fourth-order valence-corrected chi connectivity index (χ4v) is 3.84. The average molecular weight is 362 g/mol. The predicted molar refractivity (Wildman–Crippen MR) is 107 cm³/mol. The smallest absolute Gasteiger partial charge is 0.399 e. The lowest BCUT2D eigenvalue weighted by atomic mass is 9.72. The summed E-state index contributed by atoms with van der Waals surface area (Å²) < 4.78 is 12.7. The summed E-state index contributed by atoms with van der Waals surface area (Å²) in [6, 6.07) is 2.21. The van der Waals surface area contributed by atoms with E-state index in [9.17, 15) is 0 Å². The summed E-state index contributed by atoms with van der Waals surface area (Å²) in [6.07, 6.45) is 0. The van der Waals surface area contributed by atoms with Crippen LogP contribution < -0.4 is 10.8 Å². The second-order valence-corrected chi connectivity index (χ2v) is 8.81. The molecule has 3 rings (SSSR count). The lowest BCUT2D eigenvalue weighted by molar-refractivity contribution is 0.00578. The second-order valence-electron chi connectivity index (χ2n) is 8.33. The molecule has 0 radical (unpaired) electrons. The van der Waals surface area contributed by atoms with Gasteiger partial charge in [0.1, 0.15) is 0 Å². The maximum Gasteiger partial charge on any atom is 0.495 e. The Kier molecular flexibility index (Phi) is 5.31. The van der Waals surface area contributed by atoms with E-state index >= 15 is 0 Å². The van der Waals surface area contributed by atoms with Crippen molar-refractivity contribution in [2.45, 2.75) is 64.2 Å². The Morgan fingerprint density at radius 2 is 1.64 bits per heavy atom. The zero-order chi connectivity index (χ0) is 18.4. The molecule has 4 nitrogen and oxygen atoms in total. The van der Waals surface area contributed by atoms with Crippen LogP contribution in [0.2, 0.25) is 0 Å². The van der Waals surface area contributed by atoms with Crippen molar-refractivity contribution in [3.8, 4) is 0 Å². The molecule has 0 aliphatic carbocycles. The van der Waals surface area contributed by atoms with E-state index in [1.807, 2.05) is 0 Å². The van der Waals surface area contributed by atoms with E-state index in [0.29, 0.717) is 0 Å². The SMILES string of the molecule is Cc1c(S)cc(CN2CCNCC2)c(C)c1B1OC(C)(C)C(C)(C)O1. The largest absolute Gasteiger partial charge is 0.495 e. The third kappa shape index (κ3) is 3.65. The third-order valence-electron chi connectivity index (χ3n) is 6.08. The monoisotopic (exact) mass is 362 g/mol. The highest BCUT2D eigenvalue weighted by Crippen LogP contribution is 2.37. The minimum absolute atomic E-state index is 0.331. The van der Waals surface area contributed by atoms with Crippen LogP contribution in [-0.2, 0) is 15.9 Å². The Morgan fingerprint density at radius 1 is 1.08 bits per heavy atom. The first-order valence-electron chi connectivity index (χ1n) is 9.23. The number of hydrogen-bond donors (Lipinski definition) is 2. The van der Waals surface area contributed by atoms with Crippen LogP contribution in [0.15, 0.2) is 11.0 Å².